The van der Waals surface area contributed by atoms with Crippen LogP contribution in [0.4, 0.5) is 0 Å². The van der Waals surface area contributed by atoms with E-state index in [0.29, 0.717) is 13.0 Å². The van der Waals surface area contributed by atoms with E-state index in [0.717, 1.165) is 11.9 Å². The van der Waals surface area contributed by atoms with Crippen LogP contribution in [0.3, 0.4) is 0 Å². The Bertz CT molecular complexity index is 747. The second kappa shape index (κ2) is 6.43. The first kappa shape index (κ1) is 14.3. The molecule has 6 nitrogen and oxygen atoms in total. The van der Waals surface area contributed by atoms with E-state index in [2.05, 4.69) is 26.4 Å². The predicted molar refractivity (Wildman–Crippen MR) is 84.4 cm³/mol. The van der Waals surface area contributed by atoms with Crippen molar-refractivity contribution in [3.63, 3.8) is 0 Å². The highest BCUT2D eigenvalue weighted by Crippen LogP contribution is 2.18. The summed E-state index contributed by atoms with van der Waals surface area (Å²) in [6.45, 7) is 2.55. The maximum atomic E-state index is 12.0. The summed E-state index contributed by atoms with van der Waals surface area (Å²) in [6.07, 6.45) is 6.34. The number of aromatic nitrogens is 4. The van der Waals surface area contributed by atoms with Gasteiger partial charge in [-0.1, -0.05) is 18.2 Å². The summed E-state index contributed by atoms with van der Waals surface area (Å²) < 4.78 is 1.74. The fraction of sp³-hybridized carbons (Fsp3) is 0.312. The van der Waals surface area contributed by atoms with E-state index in [1.807, 2.05) is 31.3 Å². The van der Waals surface area contributed by atoms with Crippen LogP contribution < -0.4 is 5.32 Å². The van der Waals surface area contributed by atoms with Gasteiger partial charge in [-0.2, -0.15) is 5.10 Å². The number of hydrogen-bond donors (Lipinski definition) is 2. The average Bonchev–Trinajstić information content (AvgIpc) is 3.20. The van der Waals surface area contributed by atoms with Crippen molar-refractivity contribution in [2.45, 2.75) is 25.8 Å². The number of nitrogens with zero attached hydrogens (tertiary/aromatic N) is 3. The molecular formula is C16H19N5O. The lowest BCUT2D eigenvalue weighted by molar-refractivity contribution is -0.121. The lowest BCUT2D eigenvalue weighted by atomic mass is 10.1. The van der Waals surface area contributed by atoms with Crippen molar-refractivity contribution in [3.8, 4) is 0 Å². The number of aromatic amines is 1. The van der Waals surface area contributed by atoms with Crippen molar-refractivity contribution < 1.29 is 4.79 Å². The zero-order valence-electron chi connectivity index (χ0n) is 12.5. The van der Waals surface area contributed by atoms with Gasteiger partial charge in [0.25, 0.3) is 0 Å². The molecule has 2 heterocycles. The third kappa shape index (κ3) is 3.16. The first-order valence-electron chi connectivity index (χ1n) is 7.40. The van der Waals surface area contributed by atoms with Crippen LogP contribution in [0.15, 0.2) is 43.1 Å². The Morgan fingerprint density at radius 1 is 1.41 bits per heavy atom. The van der Waals surface area contributed by atoms with Crippen LogP contribution in [0.5, 0.6) is 0 Å². The van der Waals surface area contributed by atoms with Crippen molar-refractivity contribution >= 4 is 16.8 Å². The first-order valence-corrected chi connectivity index (χ1v) is 7.40. The van der Waals surface area contributed by atoms with Gasteiger partial charge < -0.3 is 10.3 Å². The SMILES string of the molecule is C[C@@H](CNC(=O)CCc1c[nH]c2ccccc12)n1cncn1. The molecule has 0 fully saturated rings. The number of aryl methyl sites for hydroxylation is 1. The molecule has 0 unspecified atom stereocenters. The molecule has 3 aromatic rings. The normalized spacial score (nSPS) is 12.4. The van der Waals surface area contributed by atoms with Crippen LogP contribution in [0, 0.1) is 0 Å². The maximum absolute atomic E-state index is 12.0. The smallest absolute Gasteiger partial charge is 0.220 e. The van der Waals surface area contributed by atoms with E-state index in [-0.39, 0.29) is 11.9 Å². The minimum Gasteiger partial charge on any atom is -0.361 e. The van der Waals surface area contributed by atoms with Crippen molar-refractivity contribution in [3.05, 3.63) is 48.7 Å². The zero-order valence-corrected chi connectivity index (χ0v) is 12.5. The Hall–Kier alpha value is -2.63. The molecule has 0 aliphatic heterocycles. The van der Waals surface area contributed by atoms with E-state index in [9.17, 15) is 4.79 Å². The average molecular weight is 297 g/mol. The van der Waals surface area contributed by atoms with Gasteiger partial charge >= 0.3 is 0 Å². The number of carbonyl (C=O) groups excluding carboxylic acids is 1. The van der Waals surface area contributed by atoms with Crippen LogP contribution in [0.2, 0.25) is 0 Å². The molecule has 114 valence electrons. The van der Waals surface area contributed by atoms with Gasteiger partial charge in [0.2, 0.25) is 5.91 Å². The highest BCUT2D eigenvalue weighted by molar-refractivity contribution is 5.84. The summed E-state index contributed by atoms with van der Waals surface area (Å²) in [7, 11) is 0. The highest BCUT2D eigenvalue weighted by atomic mass is 16.1. The molecule has 1 atom stereocenters. The molecule has 0 aliphatic rings. The molecule has 1 amide bonds. The summed E-state index contributed by atoms with van der Waals surface area (Å²) in [5.74, 6) is 0.0530. The molecule has 0 saturated heterocycles. The van der Waals surface area contributed by atoms with Crippen LogP contribution >= 0.6 is 0 Å². The summed E-state index contributed by atoms with van der Waals surface area (Å²) >= 11 is 0. The van der Waals surface area contributed by atoms with Gasteiger partial charge in [-0.3, -0.25) is 4.79 Å². The minimum atomic E-state index is 0.0530. The van der Waals surface area contributed by atoms with Gasteiger partial charge in [0.05, 0.1) is 6.04 Å². The standard InChI is InChI=1S/C16H19N5O/c1-12(21-11-17-10-20-21)8-19-16(22)7-6-13-9-18-15-5-3-2-4-14(13)15/h2-5,9-12,18H,6-8H2,1H3,(H,19,22)/t12-/m0/s1. The fourth-order valence-electron chi connectivity index (χ4n) is 2.48. The Balaban J connectivity index is 1.50. The molecular weight excluding hydrogens is 278 g/mol. The highest BCUT2D eigenvalue weighted by Gasteiger charge is 2.09. The molecule has 2 aromatic heterocycles. The zero-order chi connectivity index (χ0) is 15.4. The van der Waals surface area contributed by atoms with E-state index >= 15 is 0 Å². The van der Waals surface area contributed by atoms with E-state index in [4.69, 9.17) is 0 Å². The lowest BCUT2D eigenvalue weighted by Crippen LogP contribution is -2.29. The molecule has 22 heavy (non-hydrogen) atoms. The number of amides is 1. The number of para-hydroxylation sites is 1. The van der Waals surface area contributed by atoms with Crippen LogP contribution in [0.25, 0.3) is 10.9 Å². The number of H-pyrrole nitrogens is 1. The van der Waals surface area contributed by atoms with Gasteiger partial charge in [-0.05, 0) is 25.0 Å². The van der Waals surface area contributed by atoms with Crippen molar-refractivity contribution in [1.29, 1.82) is 0 Å². The molecule has 0 saturated carbocycles. The Morgan fingerprint density at radius 3 is 3.09 bits per heavy atom. The van der Waals surface area contributed by atoms with Gasteiger partial charge in [-0.25, -0.2) is 9.67 Å². The topological polar surface area (TPSA) is 75.6 Å². The molecule has 0 spiro atoms. The third-order valence-electron chi connectivity index (χ3n) is 3.78. The Labute approximate surface area is 128 Å². The largest absolute Gasteiger partial charge is 0.361 e. The van der Waals surface area contributed by atoms with Crippen LogP contribution in [-0.2, 0) is 11.2 Å². The second-order valence-electron chi connectivity index (χ2n) is 5.39. The number of benzene rings is 1. The van der Waals surface area contributed by atoms with E-state index in [1.165, 1.54) is 17.3 Å². The van der Waals surface area contributed by atoms with Gasteiger partial charge in [0.1, 0.15) is 12.7 Å². The van der Waals surface area contributed by atoms with Gasteiger partial charge in [0, 0.05) is 30.1 Å². The van der Waals surface area contributed by atoms with Crippen molar-refractivity contribution in [1.82, 2.24) is 25.1 Å². The molecule has 1 aromatic carbocycles. The summed E-state index contributed by atoms with van der Waals surface area (Å²) in [5.41, 5.74) is 2.28. The maximum Gasteiger partial charge on any atom is 0.220 e. The molecule has 3 rings (SSSR count). The molecule has 0 bridgehead atoms. The first-order chi connectivity index (χ1) is 10.7. The lowest BCUT2D eigenvalue weighted by Gasteiger charge is -2.12. The Kier molecular flexibility index (Phi) is 4.18. The molecule has 2 N–H and O–H groups in total. The fourth-order valence-corrected chi connectivity index (χ4v) is 2.48. The van der Waals surface area contributed by atoms with Crippen LogP contribution in [-0.4, -0.2) is 32.2 Å². The predicted octanol–water partition coefficient (Wildman–Crippen LogP) is 2.07. The summed E-state index contributed by atoms with van der Waals surface area (Å²) in [4.78, 5) is 19.1. The quantitative estimate of drug-likeness (QED) is 0.731. The molecule has 0 aliphatic carbocycles. The number of rotatable bonds is 6. The van der Waals surface area contributed by atoms with Gasteiger partial charge in [0.15, 0.2) is 0 Å². The minimum absolute atomic E-state index is 0.0530. The van der Waals surface area contributed by atoms with Crippen molar-refractivity contribution in [2.24, 2.45) is 0 Å². The van der Waals surface area contributed by atoms with Crippen LogP contribution in [0.1, 0.15) is 24.9 Å². The number of fused-ring (bicyclic) bond motifs is 1. The van der Waals surface area contributed by atoms with E-state index < -0.39 is 0 Å². The summed E-state index contributed by atoms with van der Waals surface area (Å²) in [6, 6.07) is 8.23. The van der Waals surface area contributed by atoms with Gasteiger partial charge in [-0.15, -0.1) is 0 Å². The van der Waals surface area contributed by atoms with Crippen molar-refractivity contribution in [2.75, 3.05) is 6.54 Å². The number of nitrogens with one attached hydrogen (secondary N) is 2. The molecule has 0 radical (unpaired) electrons. The second-order valence-corrected chi connectivity index (χ2v) is 5.39. The number of carbonyl (C=O) groups is 1. The summed E-state index contributed by atoms with van der Waals surface area (Å²) in [5, 5.41) is 8.19. The Morgan fingerprint density at radius 2 is 2.27 bits per heavy atom. The van der Waals surface area contributed by atoms with E-state index in [1.54, 1.807) is 11.0 Å². The monoisotopic (exact) mass is 297 g/mol. The number of hydrogen-bond acceptors (Lipinski definition) is 3. The third-order valence-corrected chi connectivity index (χ3v) is 3.78. The molecule has 6 heteroatoms.